The van der Waals surface area contributed by atoms with Crippen LogP contribution in [-0.2, 0) is 6.54 Å². The summed E-state index contributed by atoms with van der Waals surface area (Å²) in [5, 5.41) is 0. The normalized spacial score (nSPS) is 18.7. The highest BCUT2D eigenvalue weighted by molar-refractivity contribution is 8.93. The quantitative estimate of drug-likeness (QED) is 0.791. The second-order valence-electron chi connectivity index (χ2n) is 3.62. The largest absolute Gasteiger partial charge is 0.367 e. The molecule has 2 heteroatoms. The number of rotatable bonds is 2. The number of halogens is 1. The topological polar surface area (TPSA) is 3.24 Å². The second-order valence-corrected chi connectivity index (χ2v) is 3.62. The highest BCUT2D eigenvalue weighted by Crippen LogP contribution is 2.12. The molecule has 0 saturated carbocycles. The SMILES string of the molecule is Br.CC1C=CC=CN1Cc1ccccc1. The zero-order chi connectivity index (χ0) is 9.80. The predicted molar refractivity (Wildman–Crippen MR) is 70.0 cm³/mol. The molecule has 1 aliphatic heterocycles. The fourth-order valence-electron chi connectivity index (χ4n) is 1.62. The van der Waals surface area contributed by atoms with Crippen molar-refractivity contribution in [3.8, 4) is 0 Å². The fourth-order valence-corrected chi connectivity index (χ4v) is 1.62. The molecule has 1 unspecified atom stereocenters. The van der Waals surface area contributed by atoms with Gasteiger partial charge in [-0.1, -0.05) is 42.5 Å². The van der Waals surface area contributed by atoms with Crippen molar-refractivity contribution in [2.75, 3.05) is 0 Å². The third-order valence-corrected chi connectivity index (χ3v) is 2.51. The van der Waals surface area contributed by atoms with E-state index in [1.54, 1.807) is 0 Å². The van der Waals surface area contributed by atoms with E-state index in [0.717, 1.165) is 6.54 Å². The van der Waals surface area contributed by atoms with Crippen LogP contribution >= 0.6 is 17.0 Å². The van der Waals surface area contributed by atoms with Crippen LogP contribution in [0.5, 0.6) is 0 Å². The molecule has 0 amide bonds. The van der Waals surface area contributed by atoms with E-state index in [4.69, 9.17) is 0 Å². The maximum atomic E-state index is 2.33. The number of benzene rings is 1. The number of nitrogens with zero attached hydrogens (tertiary/aromatic N) is 1. The van der Waals surface area contributed by atoms with Gasteiger partial charge in [0.25, 0.3) is 0 Å². The van der Waals surface area contributed by atoms with E-state index in [-0.39, 0.29) is 17.0 Å². The lowest BCUT2D eigenvalue weighted by Crippen LogP contribution is -2.27. The van der Waals surface area contributed by atoms with E-state index in [9.17, 15) is 0 Å². The number of hydrogen-bond donors (Lipinski definition) is 0. The molecule has 0 N–H and O–H groups in total. The molecule has 1 aliphatic rings. The number of allylic oxidation sites excluding steroid dienone is 2. The molecule has 1 atom stereocenters. The Kier molecular flexibility index (Phi) is 4.63. The van der Waals surface area contributed by atoms with Gasteiger partial charge in [-0.05, 0) is 24.8 Å². The third-order valence-electron chi connectivity index (χ3n) is 2.51. The molecule has 1 aromatic rings. The highest BCUT2D eigenvalue weighted by atomic mass is 79.9. The van der Waals surface area contributed by atoms with Gasteiger partial charge in [0.2, 0.25) is 0 Å². The van der Waals surface area contributed by atoms with Gasteiger partial charge in [-0.25, -0.2) is 0 Å². The third kappa shape index (κ3) is 3.24. The highest BCUT2D eigenvalue weighted by Gasteiger charge is 2.08. The Morgan fingerprint density at radius 3 is 2.53 bits per heavy atom. The monoisotopic (exact) mass is 265 g/mol. The zero-order valence-electron chi connectivity index (χ0n) is 8.84. The average molecular weight is 266 g/mol. The van der Waals surface area contributed by atoms with E-state index in [1.807, 2.05) is 0 Å². The van der Waals surface area contributed by atoms with Crippen LogP contribution in [0.3, 0.4) is 0 Å². The van der Waals surface area contributed by atoms with Crippen molar-refractivity contribution in [2.45, 2.75) is 19.5 Å². The van der Waals surface area contributed by atoms with Crippen LogP contribution < -0.4 is 0 Å². The first-order valence-corrected chi connectivity index (χ1v) is 5.01. The van der Waals surface area contributed by atoms with Crippen molar-refractivity contribution in [1.82, 2.24) is 4.90 Å². The summed E-state index contributed by atoms with van der Waals surface area (Å²) in [6, 6.07) is 11.1. The van der Waals surface area contributed by atoms with Gasteiger partial charge in [0.05, 0.1) is 0 Å². The summed E-state index contributed by atoms with van der Waals surface area (Å²) in [5.41, 5.74) is 1.36. The molecule has 2 rings (SSSR count). The average Bonchev–Trinajstić information content (AvgIpc) is 2.23. The van der Waals surface area contributed by atoms with Gasteiger partial charge in [0.15, 0.2) is 0 Å². The number of hydrogen-bond acceptors (Lipinski definition) is 1. The summed E-state index contributed by atoms with van der Waals surface area (Å²) < 4.78 is 0. The minimum Gasteiger partial charge on any atom is -0.367 e. The first kappa shape index (κ1) is 12.1. The molecule has 0 saturated heterocycles. The Morgan fingerprint density at radius 1 is 1.13 bits per heavy atom. The lowest BCUT2D eigenvalue weighted by molar-refractivity contribution is 0.325. The van der Waals surface area contributed by atoms with Crippen LogP contribution in [0, 0.1) is 0 Å². The van der Waals surface area contributed by atoms with Gasteiger partial charge in [0, 0.05) is 12.6 Å². The molecule has 0 aromatic heterocycles. The van der Waals surface area contributed by atoms with Crippen LogP contribution in [-0.4, -0.2) is 10.9 Å². The van der Waals surface area contributed by atoms with E-state index >= 15 is 0 Å². The van der Waals surface area contributed by atoms with Crippen molar-refractivity contribution in [2.24, 2.45) is 0 Å². The van der Waals surface area contributed by atoms with E-state index in [1.165, 1.54) is 5.56 Å². The first-order chi connectivity index (χ1) is 6.86. The van der Waals surface area contributed by atoms with E-state index in [2.05, 4.69) is 66.6 Å². The minimum atomic E-state index is 0. The predicted octanol–water partition coefficient (Wildman–Crippen LogP) is 3.54. The molecule has 1 heterocycles. The first-order valence-electron chi connectivity index (χ1n) is 5.01. The Hall–Kier alpha value is -1.02. The second kappa shape index (κ2) is 5.76. The summed E-state index contributed by atoms with van der Waals surface area (Å²) in [4.78, 5) is 2.33. The molecule has 15 heavy (non-hydrogen) atoms. The lowest BCUT2D eigenvalue weighted by atomic mass is 10.1. The molecular formula is C13H16BrN. The smallest absolute Gasteiger partial charge is 0.0446 e. The molecule has 80 valence electrons. The van der Waals surface area contributed by atoms with Gasteiger partial charge in [-0.3, -0.25) is 0 Å². The fraction of sp³-hybridized carbons (Fsp3) is 0.231. The van der Waals surface area contributed by atoms with Gasteiger partial charge >= 0.3 is 0 Å². The molecule has 0 radical (unpaired) electrons. The standard InChI is InChI=1S/C13H15N.BrH/c1-12-7-5-6-10-14(12)11-13-8-3-2-4-9-13;/h2-10,12H,11H2,1H3;1H. The van der Waals surface area contributed by atoms with Crippen LogP contribution in [0.4, 0.5) is 0 Å². The molecule has 0 aliphatic carbocycles. The summed E-state index contributed by atoms with van der Waals surface area (Å²) in [6.45, 7) is 3.20. The van der Waals surface area contributed by atoms with Gasteiger partial charge < -0.3 is 4.90 Å². The van der Waals surface area contributed by atoms with Crippen molar-refractivity contribution in [3.05, 3.63) is 60.3 Å². The summed E-state index contributed by atoms with van der Waals surface area (Å²) in [5.74, 6) is 0. The van der Waals surface area contributed by atoms with Crippen molar-refractivity contribution in [1.29, 1.82) is 0 Å². The summed E-state index contributed by atoms with van der Waals surface area (Å²) in [6.07, 6.45) is 8.55. The summed E-state index contributed by atoms with van der Waals surface area (Å²) in [7, 11) is 0. The van der Waals surface area contributed by atoms with Crippen LogP contribution in [0.2, 0.25) is 0 Å². The maximum Gasteiger partial charge on any atom is 0.0446 e. The molecule has 0 fully saturated rings. The molecule has 0 bridgehead atoms. The van der Waals surface area contributed by atoms with Crippen LogP contribution in [0.15, 0.2) is 54.8 Å². The van der Waals surface area contributed by atoms with E-state index in [0.29, 0.717) is 6.04 Å². The van der Waals surface area contributed by atoms with Crippen molar-refractivity contribution < 1.29 is 0 Å². The van der Waals surface area contributed by atoms with E-state index < -0.39 is 0 Å². The van der Waals surface area contributed by atoms with Crippen molar-refractivity contribution >= 4 is 17.0 Å². The molecule has 1 aromatic carbocycles. The Balaban J connectivity index is 0.00000112. The Labute approximate surface area is 102 Å². The molecule has 1 nitrogen and oxygen atoms in total. The van der Waals surface area contributed by atoms with Gasteiger partial charge in [-0.2, -0.15) is 0 Å². The Morgan fingerprint density at radius 2 is 1.87 bits per heavy atom. The zero-order valence-corrected chi connectivity index (χ0v) is 10.5. The van der Waals surface area contributed by atoms with Gasteiger partial charge in [0.1, 0.15) is 0 Å². The Bertz CT molecular complexity index is 343. The maximum absolute atomic E-state index is 2.33. The molecular weight excluding hydrogens is 250 g/mol. The van der Waals surface area contributed by atoms with Crippen LogP contribution in [0.1, 0.15) is 12.5 Å². The minimum absolute atomic E-state index is 0. The molecule has 0 spiro atoms. The van der Waals surface area contributed by atoms with Crippen molar-refractivity contribution in [3.63, 3.8) is 0 Å². The van der Waals surface area contributed by atoms with Crippen LogP contribution in [0.25, 0.3) is 0 Å². The summed E-state index contributed by atoms with van der Waals surface area (Å²) >= 11 is 0. The lowest BCUT2D eigenvalue weighted by Gasteiger charge is -2.27. The van der Waals surface area contributed by atoms with Gasteiger partial charge in [-0.15, -0.1) is 17.0 Å².